The minimum atomic E-state index is -3.42. The molecule has 1 aliphatic heterocycles. The Morgan fingerprint density at radius 1 is 1.07 bits per heavy atom. The summed E-state index contributed by atoms with van der Waals surface area (Å²) in [4.78, 5) is 12.7. The lowest BCUT2D eigenvalue weighted by Gasteiger charge is -2.31. The molecule has 0 bridgehead atoms. The molecular weight excluding hydrogens is 467 g/mol. The fraction of sp³-hybridized carbons (Fsp3) is 0.381. The number of carbonyl (C=O) groups excluding carboxylic acids is 1. The first-order valence-corrected chi connectivity index (χ1v) is 12.5. The number of sulfonamides is 1. The van der Waals surface area contributed by atoms with Crippen LogP contribution in [0.1, 0.15) is 24.8 Å². The highest BCUT2D eigenvalue weighted by molar-refractivity contribution is 7.89. The van der Waals surface area contributed by atoms with E-state index in [9.17, 15) is 13.2 Å². The van der Waals surface area contributed by atoms with Crippen LogP contribution in [0.5, 0.6) is 0 Å². The minimum Gasteiger partial charge on any atom is -0.324 e. The highest BCUT2D eigenvalue weighted by Gasteiger charge is 2.32. The Kier molecular flexibility index (Phi) is 8.04. The number of amides is 1. The van der Waals surface area contributed by atoms with Gasteiger partial charge in [0.25, 0.3) is 0 Å². The van der Waals surface area contributed by atoms with Crippen LogP contribution in [0.3, 0.4) is 0 Å². The van der Waals surface area contributed by atoms with Gasteiger partial charge in [-0.1, -0.05) is 65.1 Å². The first-order valence-electron chi connectivity index (χ1n) is 9.73. The minimum absolute atomic E-state index is 0.0643. The van der Waals surface area contributed by atoms with E-state index >= 15 is 0 Å². The number of nitrogens with one attached hydrogen (secondary N) is 1. The van der Waals surface area contributed by atoms with Gasteiger partial charge >= 0.3 is 0 Å². The SMILES string of the molecule is O=C(Nc1cc(Cl)c(Cl)cc1Cl)C1CCCN(S(=O)(=O)CCCc2ccccc2)C1. The van der Waals surface area contributed by atoms with Crippen LogP contribution in [0.15, 0.2) is 42.5 Å². The molecule has 0 spiro atoms. The molecule has 0 aliphatic carbocycles. The van der Waals surface area contributed by atoms with Crippen molar-refractivity contribution in [3.63, 3.8) is 0 Å². The molecule has 0 aromatic heterocycles. The summed E-state index contributed by atoms with van der Waals surface area (Å²) in [6.45, 7) is 0.601. The van der Waals surface area contributed by atoms with Crippen molar-refractivity contribution >= 4 is 56.4 Å². The molecular formula is C21H23Cl3N2O3S. The van der Waals surface area contributed by atoms with Crippen molar-refractivity contribution in [3.05, 3.63) is 63.1 Å². The third kappa shape index (κ3) is 6.11. The number of benzene rings is 2. The van der Waals surface area contributed by atoms with Crippen molar-refractivity contribution in [2.75, 3.05) is 24.2 Å². The van der Waals surface area contributed by atoms with Gasteiger partial charge in [-0.3, -0.25) is 4.79 Å². The van der Waals surface area contributed by atoms with Gasteiger partial charge in [-0.15, -0.1) is 0 Å². The second-order valence-electron chi connectivity index (χ2n) is 7.34. The second kappa shape index (κ2) is 10.3. The molecule has 0 saturated carbocycles. The molecule has 2 aromatic rings. The molecule has 1 saturated heterocycles. The van der Waals surface area contributed by atoms with Gasteiger partial charge in [0, 0.05) is 13.1 Å². The van der Waals surface area contributed by atoms with E-state index in [-0.39, 0.29) is 28.3 Å². The van der Waals surface area contributed by atoms with Crippen molar-refractivity contribution in [3.8, 4) is 0 Å². The molecule has 3 rings (SSSR count). The van der Waals surface area contributed by atoms with Crippen LogP contribution >= 0.6 is 34.8 Å². The number of aryl methyl sites for hydroxylation is 1. The lowest BCUT2D eigenvalue weighted by atomic mass is 9.98. The quantitative estimate of drug-likeness (QED) is 0.539. The van der Waals surface area contributed by atoms with Gasteiger partial charge in [0.1, 0.15) is 0 Å². The van der Waals surface area contributed by atoms with Crippen LogP contribution in [0, 0.1) is 5.92 Å². The van der Waals surface area contributed by atoms with Gasteiger partial charge < -0.3 is 5.32 Å². The van der Waals surface area contributed by atoms with Crippen LogP contribution in [-0.2, 0) is 21.2 Å². The van der Waals surface area contributed by atoms with Crippen LogP contribution in [0.25, 0.3) is 0 Å². The average Bonchev–Trinajstić information content (AvgIpc) is 2.73. The van der Waals surface area contributed by atoms with E-state index in [1.54, 1.807) is 0 Å². The van der Waals surface area contributed by atoms with Crippen LogP contribution in [0.4, 0.5) is 5.69 Å². The summed E-state index contributed by atoms with van der Waals surface area (Å²) in [7, 11) is -3.42. The van der Waals surface area contributed by atoms with E-state index in [0.29, 0.717) is 42.9 Å². The lowest BCUT2D eigenvalue weighted by molar-refractivity contribution is -0.120. The van der Waals surface area contributed by atoms with E-state index in [1.165, 1.54) is 16.4 Å². The maximum Gasteiger partial charge on any atom is 0.228 e. The Bertz CT molecular complexity index is 1000. The van der Waals surface area contributed by atoms with Crippen molar-refractivity contribution in [2.24, 2.45) is 5.92 Å². The third-order valence-electron chi connectivity index (χ3n) is 5.13. The van der Waals surface area contributed by atoms with E-state index in [1.807, 2.05) is 30.3 Å². The normalized spacial score (nSPS) is 17.6. The molecule has 2 aromatic carbocycles. The largest absolute Gasteiger partial charge is 0.324 e. The standard InChI is InChI=1S/C21H23Cl3N2O3S/c22-17-12-19(24)20(13-18(17)23)25-21(27)16-9-4-10-26(14-16)30(28,29)11-5-8-15-6-2-1-3-7-15/h1-3,6-7,12-13,16H,4-5,8-11,14H2,(H,25,27). The first-order chi connectivity index (χ1) is 14.3. The van der Waals surface area contributed by atoms with Crippen LogP contribution in [0.2, 0.25) is 15.1 Å². The molecule has 1 amide bonds. The number of halogens is 3. The van der Waals surface area contributed by atoms with Gasteiger partial charge in [0.05, 0.1) is 32.4 Å². The predicted octanol–water partition coefficient (Wildman–Crippen LogP) is 5.26. The number of hydrogen-bond donors (Lipinski definition) is 1. The van der Waals surface area contributed by atoms with Crippen molar-refractivity contribution in [1.29, 1.82) is 0 Å². The molecule has 1 aliphatic rings. The molecule has 0 radical (unpaired) electrons. The fourth-order valence-electron chi connectivity index (χ4n) is 3.49. The molecule has 162 valence electrons. The Morgan fingerprint density at radius 3 is 2.50 bits per heavy atom. The van der Waals surface area contributed by atoms with Gasteiger partial charge in [0.15, 0.2) is 0 Å². The number of carbonyl (C=O) groups is 1. The highest BCUT2D eigenvalue weighted by atomic mass is 35.5. The van der Waals surface area contributed by atoms with Crippen LogP contribution < -0.4 is 5.32 Å². The summed E-state index contributed by atoms with van der Waals surface area (Å²) in [5.74, 6) is -0.665. The van der Waals surface area contributed by atoms with E-state index in [4.69, 9.17) is 34.8 Å². The monoisotopic (exact) mass is 488 g/mol. The molecule has 1 fully saturated rings. The van der Waals surface area contributed by atoms with E-state index in [0.717, 1.165) is 5.56 Å². The summed E-state index contributed by atoms with van der Waals surface area (Å²) in [5.41, 5.74) is 1.47. The molecule has 1 unspecified atom stereocenters. The summed E-state index contributed by atoms with van der Waals surface area (Å²) >= 11 is 18.0. The van der Waals surface area contributed by atoms with Crippen LogP contribution in [-0.4, -0.2) is 37.5 Å². The summed E-state index contributed by atoms with van der Waals surface area (Å²) < 4.78 is 27.0. The number of anilines is 1. The second-order valence-corrected chi connectivity index (χ2v) is 10.6. The lowest BCUT2D eigenvalue weighted by Crippen LogP contribution is -2.44. The number of piperidine rings is 1. The molecule has 1 N–H and O–H groups in total. The molecule has 1 heterocycles. The van der Waals surface area contributed by atoms with E-state index < -0.39 is 15.9 Å². The number of nitrogens with zero attached hydrogens (tertiary/aromatic N) is 1. The first kappa shape index (κ1) is 23.4. The van der Waals surface area contributed by atoms with Crippen molar-refractivity contribution in [2.45, 2.75) is 25.7 Å². The molecule has 1 atom stereocenters. The molecule has 30 heavy (non-hydrogen) atoms. The Labute approximate surface area is 192 Å². The Morgan fingerprint density at radius 2 is 1.77 bits per heavy atom. The maximum absolute atomic E-state index is 12.8. The summed E-state index contributed by atoms with van der Waals surface area (Å²) in [5, 5.41) is 3.60. The zero-order valence-corrected chi connectivity index (χ0v) is 19.4. The van der Waals surface area contributed by atoms with Gasteiger partial charge in [0.2, 0.25) is 15.9 Å². The summed E-state index contributed by atoms with van der Waals surface area (Å²) in [6, 6.07) is 12.8. The Hall–Kier alpha value is -1.31. The third-order valence-corrected chi connectivity index (χ3v) is 8.08. The zero-order chi connectivity index (χ0) is 21.7. The Balaban J connectivity index is 1.58. The van der Waals surface area contributed by atoms with E-state index in [2.05, 4.69) is 5.32 Å². The smallest absolute Gasteiger partial charge is 0.228 e. The summed E-state index contributed by atoms with van der Waals surface area (Å²) in [6.07, 6.45) is 2.48. The van der Waals surface area contributed by atoms with Gasteiger partial charge in [-0.2, -0.15) is 0 Å². The topological polar surface area (TPSA) is 66.5 Å². The van der Waals surface area contributed by atoms with Crippen molar-refractivity contribution in [1.82, 2.24) is 4.31 Å². The number of hydrogen-bond acceptors (Lipinski definition) is 3. The average molecular weight is 490 g/mol. The van der Waals surface area contributed by atoms with Crippen molar-refractivity contribution < 1.29 is 13.2 Å². The predicted molar refractivity (Wildman–Crippen MR) is 123 cm³/mol. The highest BCUT2D eigenvalue weighted by Crippen LogP contribution is 2.33. The number of rotatable bonds is 7. The molecule has 9 heteroatoms. The van der Waals surface area contributed by atoms with Gasteiger partial charge in [-0.25, -0.2) is 12.7 Å². The maximum atomic E-state index is 12.8. The molecule has 5 nitrogen and oxygen atoms in total. The zero-order valence-electron chi connectivity index (χ0n) is 16.3. The fourth-order valence-corrected chi connectivity index (χ4v) is 5.67. The van der Waals surface area contributed by atoms with Gasteiger partial charge in [-0.05, 0) is 43.4 Å².